The first-order valence-electron chi connectivity index (χ1n) is 10.7. The molecular weight excluding hydrogens is 396 g/mol. The van der Waals surface area contributed by atoms with Crippen LogP contribution in [-0.4, -0.2) is 30.3 Å². The molecule has 5 nitrogen and oxygen atoms in total. The number of thiazole rings is 1. The highest BCUT2D eigenvalue weighted by atomic mass is 32.1. The highest BCUT2D eigenvalue weighted by Crippen LogP contribution is 2.24. The maximum atomic E-state index is 13.0. The van der Waals surface area contributed by atoms with Gasteiger partial charge in [0, 0.05) is 18.7 Å². The summed E-state index contributed by atoms with van der Waals surface area (Å²) in [6.45, 7) is 6.47. The van der Waals surface area contributed by atoms with Gasteiger partial charge in [0.2, 0.25) is 0 Å². The third-order valence-corrected chi connectivity index (χ3v) is 6.46. The average Bonchev–Trinajstić information content (AvgIpc) is 3.10. The Labute approximate surface area is 181 Å². The second-order valence-electron chi connectivity index (χ2n) is 7.40. The SMILES string of the molecule is CCOCCn1c(=NC(=O)c2ccc3c(c2)CCCC3)sc2cc(OCC)ccc21. The van der Waals surface area contributed by atoms with Crippen LogP contribution in [0.2, 0.25) is 0 Å². The first-order valence-corrected chi connectivity index (χ1v) is 11.6. The summed E-state index contributed by atoms with van der Waals surface area (Å²) in [4.78, 5) is 18.2. The van der Waals surface area contributed by atoms with Crippen LogP contribution in [0.1, 0.15) is 48.2 Å². The number of rotatable bonds is 7. The van der Waals surface area contributed by atoms with Crippen LogP contribution in [-0.2, 0) is 24.1 Å². The fourth-order valence-corrected chi connectivity index (χ4v) is 5.01. The van der Waals surface area contributed by atoms with Gasteiger partial charge in [-0.2, -0.15) is 4.99 Å². The van der Waals surface area contributed by atoms with E-state index >= 15 is 0 Å². The van der Waals surface area contributed by atoms with Crippen molar-refractivity contribution in [3.05, 3.63) is 57.9 Å². The molecule has 1 aliphatic carbocycles. The Morgan fingerprint density at radius 3 is 2.70 bits per heavy atom. The van der Waals surface area contributed by atoms with Crippen molar-refractivity contribution in [3.8, 4) is 5.75 Å². The molecule has 1 amide bonds. The normalized spacial score (nSPS) is 14.1. The Morgan fingerprint density at radius 1 is 1.07 bits per heavy atom. The van der Waals surface area contributed by atoms with Gasteiger partial charge in [0.05, 0.1) is 23.4 Å². The maximum Gasteiger partial charge on any atom is 0.279 e. The van der Waals surface area contributed by atoms with Crippen LogP contribution in [0.15, 0.2) is 41.4 Å². The molecule has 4 rings (SSSR count). The zero-order valence-corrected chi connectivity index (χ0v) is 18.5. The van der Waals surface area contributed by atoms with Crippen LogP contribution < -0.4 is 9.54 Å². The lowest BCUT2D eigenvalue weighted by atomic mass is 9.90. The summed E-state index contributed by atoms with van der Waals surface area (Å²) in [5.41, 5.74) is 4.37. The number of ether oxygens (including phenoxy) is 2. The molecule has 0 saturated carbocycles. The molecule has 0 fully saturated rings. The third-order valence-electron chi connectivity index (χ3n) is 5.42. The second kappa shape index (κ2) is 9.58. The van der Waals surface area contributed by atoms with Gasteiger partial charge < -0.3 is 14.0 Å². The number of carbonyl (C=O) groups excluding carboxylic acids is 1. The molecule has 0 N–H and O–H groups in total. The van der Waals surface area contributed by atoms with Gasteiger partial charge in [-0.15, -0.1) is 0 Å². The van der Waals surface area contributed by atoms with E-state index in [0.717, 1.165) is 28.8 Å². The van der Waals surface area contributed by atoms with Crippen molar-refractivity contribution in [2.24, 2.45) is 4.99 Å². The van der Waals surface area contributed by atoms with E-state index in [0.29, 0.717) is 36.7 Å². The summed E-state index contributed by atoms with van der Waals surface area (Å²) >= 11 is 1.51. The number of carbonyl (C=O) groups is 1. The van der Waals surface area contributed by atoms with E-state index in [2.05, 4.69) is 15.6 Å². The van der Waals surface area contributed by atoms with Crippen molar-refractivity contribution in [2.45, 2.75) is 46.1 Å². The van der Waals surface area contributed by atoms with Crippen molar-refractivity contribution >= 4 is 27.5 Å². The molecule has 0 saturated heterocycles. The number of amides is 1. The zero-order valence-electron chi connectivity index (χ0n) is 17.6. The smallest absolute Gasteiger partial charge is 0.279 e. The predicted molar refractivity (Wildman–Crippen MR) is 120 cm³/mol. The van der Waals surface area contributed by atoms with Crippen LogP contribution in [0.25, 0.3) is 10.2 Å². The highest BCUT2D eigenvalue weighted by molar-refractivity contribution is 7.16. The van der Waals surface area contributed by atoms with Crippen LogP contribution in [0.3, 0.4) is 0 Å². The van der Waals surface area contributed by atoms with E-state index in [1.807, 2.05) is 44.2 Å². The van der Waals surface area contributed by atoms with Crippen LogP contribution in [0.5, 0.6) is 5.75 Å². The molecular formula is C24H28N2O3S. The van der Waals surface area contributed by atoms with Crippen molar-refractivity contribution in [1.82, 2.24) is 4.57 Å². The molecule has 1 aromatic heterocycles. The van der Waals surface area contributed by atoms with Gasteiger partial charge in [0.15, 0.2) is 4.80 Å². The van der Waals surface area contributed by atoms with Gasteiger partial charge in [-0.3, -0.25) is 4.79 Å². The predicted octanol–water partition coefficient (Wildman–Crippen LogP) is 4.76. The zero-order chi connectivity index (χ0) is 20.9. The van der Waals surface area contributed by atoms with Crippen molar-refractivity contribution in [1.29, 1.82) is 0 Å². The standard InChI is InChI=1S/C24H28N2O3S/c1-3-28-14-13-26-21-12-11-20(29-4-2)16-22(21)30-24(26)25-23(27)19-10-9-17-7-5-6-8-18(17)15-19/h9-12,15-16H,3-8,13-14H2,1-2H3. The summed E-state index contributed by atoms with van der Waals surface area (Å²) in [5, 5.41) is 0. The topological polar surface area (TPSA) is 52.8 Å². The summed E-state index contributed by atoms with van der Waals surface area (Å²) in [7, 11) is 0. The molecule has 0 radical (unpaired) electrons. The summed E-state index contributed by atoms with van der Waals surface area (Å²) in [6, 6.07) is 12.1. The number of benzene rings is 2. The van der Waals surface area contributed by atoms with E-state index in [1.165, 1.54) is 35.3 Å². The van der Waals surface area contributed by atoms with Crippen LogP contribution in [0.4, 0.5) is 0 Å². The molecule has 1 aliphatic rings. The lowest BCUT2D eigenvalue weighted by Gasteiger charge is -2.15. The van der Waals surface area contributed by atoms with Gasteiger partial charge in [-0.25, -0.2) is 0 Å². The number of aryl methyl sites for hydroxylation is 2. The number of nitrogens with zero attached hydrogens (tertiary/aromatic N) is 2. The molecule has 3 aromatic rings. The molecule has 0 bridgehead atoms. The maximum absolute atomic E-state index is 13.0. The van der Waals surface area contributed by atoms with Gasteiger partial charge >= 0.3 is 0 Å². The van der Waals surface area contributed by atoms with Crippen molar-refractivity contribution < 1.29 is 14.3 Å². The summed E-state index contributed by atoms with van der Waals surface area (Å²) < 4.78 is 14.3. The van der Waals surface area contributed by atoms with E-state index in [-0.39, 0.29) is 5.91 Å². The van der Waals surface area contributed by atoms with E-state index < -0.39 is 0 Å². The molecule has 1 heterocycles. The quantitative estimate of drug-likeness (QED) is 0.514. The molecule has 0 unspecified atom stereocenters. The molecule has 2 aromatic carbocycles. The molecule has 6 heteroatoms. The molecule has 158 valence electrons. The van der Waals surface area contributed by atoms with Crippen LogP contribution >= 0.6 is 11.3 Å². The molecule has 0 aliphatic heterocycles. The Hall–Kier alpha value is -2.44. The summed E-state index contributed by atoms with van der Waals surface area (Å²) in [5.74, 6) is 0.640. The lowest BCUT2D eigenvalue weighted by Crippen LogP contribution is -2.20. The third kappa shape index (κ3) is 4.50. The average molecular weight is 425 g/mol. The number of fused-ring (bicyclic) bond motifs is 2. The fourth-order valence-electron chi connectivity index (χ4n) is 3.93. The lowest BCUT2D eigenvalue weighted by molar-refractivity contribution is 0.0996. The van der Waals surface area contributed by atoms with Gasteiger partial charge in [0.25, 0.3) is 5.91 Å². The largest absolute Gasteiger partial charge is 0.494 e. The van der Waals surface area contributed by atoms with Gasteiger partial charge in [-0.05, 0) is 81.0 Å². The van der Waals surface area contributed by atoms with Crippen molar-refractivity contribution in [2.75, 3.05) is 19.8 Å². The minimum Gasteiger partial charge on any atom is -0.494 e. The Kier molecular flexibility index (Phi) is 6.65. The Bertz CT molecular complexity index is 1110. The summed E-state index contributed by atoms with van der Waals surface area (Å²) in [6.07, 6.45) is 4.58. The minimum absolute atomic E-state index is 0.190. The fraction of sp³-hybridized carbons (Fsp3) is 0.417. The first-order chi connectivity index (χ1) is 14.7. The van der Waals surface area contributed by atoms with Crippen LogP contribution in [0, 0.1) is 0 Å². The van der Waals surface area contributed by atoms with Gasteiger partial charge in [-0.1, -0.05) is 17.4 Å². The number of hydrogen-bond acceptors (Lipinski definition) is 4. The minimum atomic E-state index is -0.190. The molecule has 30 heavy (non-hydrogen) atoms. The first kappa shape index (κ1) is 20.8. The van der Waals surface area contributed by atoms with E-state index in [1.54, 1.807) is 0 Å². The molecule has 0 spiro atoms. The second-order valence-corrected chi connectivity index (χ2v) is 8.41. The monoisotopic (exact) mass is 424 g/mol. The molecule has 0 atom stereocenters. The van der Waals surface area contributed by atoms with Gasteiger partial charge in [0.1, 0.15) is 5.75 Å². The van der Waals surface area contributed by atoms with E-state index in [4.69, 9.17) is 9.47 Å². The van der Waals surface area contributed by atoms with Crippen molar-refractivity contribution in [3.63, 3.8) is 0 Å². The Morgan fingerprint density at radius 2 is 1.90 bits per heavy atom. The number of aromatic nitrogens is 1. The number of hydrogen-bond donors (Lipinski definition) is 0. The van der Waals surface area contributed by atoms with E-state index in [9.17, 15) is 4.79 Å². The highest BCUT2D eigenvalue weighted by Gasteiger charge is 2.14. The Balaban J connectivity index is 1.72.